The highest BCUT2D eigenvalue weighted by Gasteiger charge is 2.19. The topological polar surface area (TPSA) is 20.3 Å². The molecule has 2 aromatic carbocycles. The molecule has 0 fully saturated rings. The van der Waals surface area contributed by atoms with E-state index in [9.17, 15) is 4.79 Å². The van der Waals surface area contributed by atoms with Crippen LogP contribution in [0.1, 0.15) is 35.8 Å². The van der Waals surface area contributed by atoms with E-state index in [0.29, 0.717) is 5.56 Å². The molecule has 0 saturated heterocycles. The first kappa shape index (κ1) is 16.1. The van der Waals surface area contributed by atoms with Crippen LogP contribution in [-0.2, 0) is 0 Å². The first-order chi connectivity index (χ1) is 9.91. The van der Waals surface area contributed by atoms with Gasteiger partial charge in [0.2, 0.25) is 0 Å². The standard InChI is InChI=1S/C17H17BrClNO/c1-11(14-6-4-5-7-16(14)19)20(3)17-9-8-13(18)10-15(17)12(2)21/h4-11H,1-3H3. The maximum absolute atomic E-state index is 11.9. The lowest BCUT2D eigenvalue weighted by Gasteiger charge is -2.29. The van der Waals surface area contributed by atoms with Crippen molar-refractivity contribution in [2.24, 2.45) is 0 Å². The maximum Gasteiger partial charge on any atom is 0.161 e. The molecular formula is C17H17BrClNO. The van der Waals surface area contributed by atoms with Crippen molar-refractivity contribution >= 4 is 39.0 Å². The van der Waals surface area contributed by atoms with E-state index in [0.717, 1.165) is 20.7 Å². The molecule has 1 unspecified atom stereocenters. The Labute approximate surface area is 138 Å². The molecule has 2 aromatic rings. The lowest BCUT2D eigenvalue weighted by Crippen LogP contribution is -2.23. The van der Waals surface area contributed by atoms with Crippen LogP contribution in [0.2, 0.25) is 5.02 Å². The van der Waals surface area contributed by atoms with Crippen LogP contribution in [0.5, 0.6) is 0 Å². The van der Waals surface area contributed by atoms with Crippen molar-refractivity contribution in [2.75, 3.05) is 11.9 Å². The number of hydrogen-bond acceptors (Lipinski definition) is 2. The van der Waals surface area contributed by atoms with Gasteiger partial charge in [-0.05, 0) is 43.7 Å². The third kappa shape index (κ3) is 3.47. The molecule has 0 aliphatic carbocycles. The third-order valence-corrected chi connectivity index (χ3v) is 4.49. The van der Waals surface area contributed by atoms with Crippen LogP contribution in [0, 0.1) is 0 Å². The quantitative estimate of drug-likeness (QED) is 0.666. The summed E-state index contributed by atoms with van der Waals surface area (Å²) in [5.74, 6) is 0.0458. The van der Waals surface area contributed by atoms with E-state index in [-0.39, 0.29) is 11.8 Å². The molecule has 0 amide bonds. The average Bonchev–Trinajstić information content (AvgIpc) is 2.46. The highest BCUT2D eigenvalue weighted by atomic mass is 79.9. The monoisotopic (exact) mass is 365 g/mol. The van der Waals surface area contributed by atoms with Gasteiger partial charge in [-0.25, -0.2) is 0 Å². The minimum absolute atomic E-state index is 0.0458. The lowest BCUT2D eigenvalue weighted by atomic mass is 10.0. The van der Waals surface area contributed by atoms with Gasteiger partial charge < -0.3 is 4.90 Å². The molecule has 0 spiro atoms. The van der Waals surface area contributed by atoms with Crippen molar-refractivity contribution < 1.29 is 4.79 Å². The van der Waals surface area contributed by atoms with E-state index in [1.54, 1.807) is 6.92 Å². The van der Waals surface area contributed by atoms with Gasteiger partial charge in [0.15, 0.2) is 5.78 Å². The number of hydrogen-bond donors (Lipinski definition) is 0. The van der Waals surface area contributed by atoms with Gasteiger partial charge in [-0.15, -0.1) is 0 Å². The smallest absolute Gasteiger partial charge is 0.161 e. The summed E-state index contributed by atoms with van der Waals surface area (Å²) >= 11 is 9.69. The molecule has 21 heavy (non-hydrogen) atoms. The predicted molar refractivity (Wildman–Crippen MR) is 92.4 cm³/mol. The Bertz CT molecular complexity index is 672. The van der Waals surface area contributed by atoms with E-state index in [1.165, 1.54) is 0 Å². The molecule has 0 heterocycles. The summed E-state index contributed by atoms with van der Waals surface area (Å²) < 4.78 is 0.898. The molecule has 0 aliphatic heterocycles. The summed E-state index contributed by atoms with van der Waals surface area (Å²) in [5, 5.41) is 0.735. The van der Waals surface area contributed by atoms with Crippen LogP contribution >= 0.6 is 27.5 Å². The van der Waals surface area contributed by atoms with Gasteiger partial charge >= 0.3 is 0 Å². The molecule has 0 N–H and O–H groups in total. The van der Waals surface area contributed by atoms with E-state index in [4.69, 9.17) is 11.6 Å². The summed E-state index contributed by atoms with van der Waals surface area (Å²) in [6, 6.07) is 13.6. The molecular weight excluding hydrogens is 350 g/mol. The fourth-order valence-electron chi connectivity index (χ4n) is 2.33. The summed E-state index contributed by atoms with van der Waals surface area (Å²) in [4.78, 5) is 13.9. The number of benzene rings is 2. The van der Waals surface area contributed by atoms with Gasteiger partial charge in [-0.1, -0.05) is 45.7 Å². The van der Waals surface area contributed by atoms with Crippen LogP contribution < -0.4 is 4.90 Å². The van der Waals surface area contributed by atoms with Gasteiger partial charge in [-0.2, -0.15) is 0 Å². The number of carbonyl (C=O) groups is 1. The van der Waals surface area contributed by atoms with Gasteiger partial charge in [0.05, 0.1) is 6.04 Å². The molecule has 0 saturated carbocycles. The van der Waals surface area contributed by atoms with Crippen LogP contribution in [0.4, 0.5) is 5.69 Å². The van der Waals surface area contributed by atoms with Crippen molar-refractivity contribution in [2.45, 2.75) is 19.9 Å². The van der Waals surface area contributed by atoms with Crippen molar-refractivity contribution in [1.82, 2.24) is 0 Å². The predicted octanol–water partition coefficient (Wildman–Crippen LogP) is 5.50. The van der Waals surface area contributed by atoms with Crippen LogP contribution in [0.3, 0.4) is 0 Å². The van der Waals surface area contributed by atoms with Crippen molar-refractivity contribution in [3.8, 4) is 0 Å². The van der Waals surface area contributed by atoms with Gasteiger partial charge in [0.1, 0.15) is 0 Å². The zero-order valence-corrected chi connectivity index (χ0v) is 14.6. The first-order valence-corrected chi connectivity index (χ1v) is 7.86. The Morgan fingerprint density at radius 3 is 2.52 bits per heavy atom. The Balaban J connectivity index is 2.43. The second-order valence-electron chi connectivity index (χ2n) is 5.03. The van der Waals surface area contributed by atoms with Crippen LogP contribution in [0.15, 0.2) is 46.9 Å². The summed E-state index contributed by atoms with van der Waals surface area (Å²) in [7, 11) is 1.98. The third-order valence-electron chi connectivity index (χ3n) is 3.65. The van der Waals surface area contributed by atoms with Gasteiger partial charge in [0.25, 0.3) is 0 Å². The summed E-state index contributed by atoms with van der Waals surface area (Å²) in [5.41, 5.74) is 2.64. The van der Waals surface area contributed by atoms with E-state index < -0.39 is 0 Å². The molecule has 0 bridgehead atoms. The van der Waals surface area contributed by atoms with Gasteiger partial charge in [-0.3, -0.25) is 4.79 Å². The lowest BCUT2D eigenvalue weighted by molar-refractivity contribution is 0.101. The number of halogens is 2. The van der Waals surface area contributed by atoms with Crippen molar-refractivity contribution in [3.63, 3.8) is 0 Å². The molecule has 0 radical (unpaired) electrons. The van der Waals surface area contributed by atoms with E-state index in [2.05, 4.69) is 27.8 Å². The number of anilines is 1. The molecule has 2 nitrogen and oxygen atoms in total. The zero-order chi connectivity index (χ0) is 15.6. The molecule has 110 valence electrons. The maximum atomic E-state index is 11.9. The summed E-state index contributed by atoms with van der Waals surface area (Å²) in [6.07, 6.45) is 0. The van der Waals surface area contributed by atoms with Crippen molar-refractivity contribution in [3.05, 3.63) is 63.1 Å². The average molecular weight is 367 g/mol. The number of Topliss-reactive ketones (excluding diaryl/α,β-unsaturated/α-hetero) is 1. The molecule has 1 atom stereocenters. The SMILES string of the molecule is CC(=O)c1cc(Br)ccc1N(C)C(C)c1ccccc1Cl. The minimum atomic E-state index is 0.0458. The van der Waals surface area contributed by atoms with E-state index >= 15 is 0 Å². The Morgan fingerprint density at radius 2 is 1.90 bits per heavy atom. The Hall–Kier alpha value is -1.32. The largest absolute Gasteiger partial charge is 0.367 e. The second kappa shape index (κ2) is 6.63. The zero-order valence-electron chi connectivity index (χ0n) is 12.2. The molecule has 2 rings (SSSR count). The second-order valence-corrected chi connectivity index (χ2v) is 6.35. The van der Waals surface area contributed by atoms with Gasteiger partial charge in [0, 0.05) is 27.8 Å². The fraction of sp³-hybridized carbons (Fsp3) is 0.235. The Kier molecular flexibility index (Phi) is 5.07. The van der Waals surface area contributed by atoms with Crippen LogP contribution in [0.25, 0.3) is 0 Å². The highest BCUT2D eigenvalue weighted by Crippen LogP contribution is 2.33. The first-order valence-electron chi connectivity index (χ1n) is 6.69. The molecule has 0 aliphatic rings. The van der Waals surface area contributed by atoms with Crippen molar-refractivity contribution in [1.29, 1.82) is 0 Å². The number of ketones is 1. The van der Waals surface area contributed by atoms with Crippen LogP contribution in [-0.4, -0.2) is 12.8 Å². The molecule has 0 aromatic heterocycles. The number of rotatable bonds is 4. The molecule has 4 heteroatoms. The van der Waals surface area contributed by atoms with E-state index in [1.807, 2.05) is 49.5 Å². The number of carbonyl (C=O) groups excluding carboxylic acids is 1. The minimum Gasteiger partial charge on any atom is -0.367 e. The Morgan fingerprint density at radius 1 is 1.24 bits per heavy atom. The summed E-state index contributed by atoms with van der Waals surface area (Å²) in [6.45, 7) is 3.66. The number of nitrogens with zero attached hydrogens (tertiary/aromatic N) is 1. The highest BCUT2D eigenvalue weighted by molar-refractivity contribution is 9.10. The fourth-order valence-corrected chi connectivity index (χ4v) is 2.98. The normalized spacial score (nSPS) is 12.0.